The molecule has 2 aromatic carbocycles. The van der Waals surface area contributed by atoms with Crippen LogP contribution in [0.25, 0.3) is 21.9 Å². The summed E-state index contributed by atoms with van der Waals surface area (Å²) in [5.41, 5.74) is 0.437. The van der Waals surface area contributed by atoms with Gasteiger partial charge in [-0.3, -0.25) is 18.8 Å². The number of aliphatic hydroxyl groups excluding tert-OH is 1. The Labute approximate surface area is 253 Å². The Morgan fingerprint density at radius 2 is 1.89 bits per heavy atom. The van der Waals surface area contributed by atoms with Gasteiger partial charge in [0, 0.05) is 59.9 Å². The summed E-state index contributed by atoms with van der Waals surface area (Å²) in [5, 5.41) is 13.0. The monoisotopic (exact) mass is 624 g/mol. The highest BCUT2D eigenvalue weighted by Crippen LogP contribution is 2.34. The summed E-state index contributed by atoms with van der Waals surface area (Å²) in [6, 6.07) is 7.46. The zero-order valence-corrected chi connectivity index (χ0v) is 25.4. The number of rotatable bonds is 8. The molecule has 2 fully saturated rings. The number of nitrogens with zero attached hydrogens (tertiary/aromatic N) is 3. The van der Waals surface area contributed by atoms with Crippen LogP contribution in [0.15, 0.2) is 58.1 Å². The molecule has 0 radical (unpaired) electrons. The normalized spacial score (nSPS) is 17.0. The van der Waals surface area contributed by atoms with Crippen LogP contribution in [0.5, 0.6) is 0 Å². The van der Waals surface area contributed by atoms with Crippen LogP contribution in [-0.4, -0.2) is 71.6 Å². The van der Waals surface area contributed by atoms with Gasteiger partial charge in [0.25, 0.3) is 21.5 Å². The number of carbonyl (C=O) groups is 2. The van der Waals surface area contributed by atoms with Crippen LogP contribution in [-0.2, 0) is 21.3 Å². The number of carbonyl (C=O) groups excluding carboxylic acids is 2. The quantitative estimate of drug-likeness (QED) is 0.392. The molecular weight excluding hydrogens is 591 g/mol. The minimum Gasteiger partial charge on any atom is -0.443 e. The number of cyclic esters (lactones) is 1. The van der Waals surface area contributed by atoms with E-state index in [1.807, 2.05) is 0 Å². The molecule has 0 unspecified atom stereocenters. The lowest BCUT2D eigenvalue weighted by Gasteiger charge is -2.30. The number of hydrogen-bond acceptors (Lipinski definition) is 7. The number of halogens is 1. The van der Waals surface area contributed by atoms with Crippen molar-refractivity contribution in [1.82, 2.24) is 19.1 Å². The lowest BCUT2D eigenvalue weighted by Crippen LogP contribution is -2.41. The fourth-order valence-corrected chi connectivity index (χ4v) is 7.01. The van der Waals surface area contributed by atoms with Crippen LogP contribution in [0.1, 0.15) is 42.6 Å². The molecule has 44 heavy (non-hydrogen) atoms. The van der Waals surface area contributed by atoms with Gasteiger partial charge in [-0.2, -0.15) is 0 Å². The summed E-state index contributed by atoms with van der Waals surface area (Å²) in [6.45, 7) is 4.88. The minimum absolute atomic E-state index is 0.0359. The van der Waals surface area contributed by atoms with Crippen molar-refractivity contribution in [1.29, 1.82) is 0 Å². The highest BCUT2D eigenvalue weighted by atomic mass is 32.2. The van der Waals surface area contributed by atoms with Crippen molar-refractivity contribution >= 4 is 32.8 Å². The van der Waals surface area contributed by atoms with E-state index in [0.29, 0.717) is 16.8 Å². The Morgan fingerprint density at radius 3 is 2.59 bits per heavy atom. The number of nitrogens with one attached hydrogen (secondary N) is 1. The molecule has 1 saturated heterocycles. The van der Waals surface area contributed by atoms with Gasteiger partial charge in [0.1, 0.15) is 17.3 Å². The van der Waals surface area contributed by atoms with E-state index in [-0.39, 0.29) is 65.7 Å². The van der Waals surface area contributed by atoms with Crippen molar-refractivity contribution in [3.05, 3.63) is 75.7 Å². The molecule has 2 amide bonds. The zero-order chi connectivity index (χ0) is 31.6. The van der Waals surface area contributed by atoms with Crippen LogP contribution >= 0.6 is 0 Å². The third kappa shape index (κ3) is 5.34. The smallest absolute Gasteiger partial charge is 0.414 e. The van der Waals surface area contributed by atoms with E-state index >= 15 is 4.39 Å². The van der Waals surface area contributed by atoms with Gasteiger partial charge >= 0.3 is 6.09 Å². The first-order chi connectivity index (χ1) is 20.8. The van der Waals surface area contributed by atoms with E-state index < -0.39 is 38.8 Å². The third-order valence-corrected chi connectivity index (χ3v) is 10.0. The van der Waals surface area contributed by atoms with Crippen LogP contribution < -0.4 is 10.9 Å². The number of hydrogen-bond donors (Lipinski definition) is 2. The number of aliphatic hydroxyl groups is 1. The number of fused-ring (bicyclic) bond motifs is 2. The van der Waals surface area contributed by atoms with Crippen molar-refractivity contribution in [2.24, 2.45) is 5.41 Å². The predicted molar refractivity (Wildman–Crippen MR) is 160 cm³/mol. The van der Waals surface area contributed by atoms with Crippen LogP contribution in [0.2, 0.25) is 0 Å². The van der Waals surface area contributed by atoms with Gasteiger partial charge in [-0.05, 0) is 60.7 Å². The molecule has 232 valence electrons. The highest BCUT2D eigenvalue weighted by Gasteiger charge is 2.36. The molecule has 11 nitrogen and oxygen atoms in total. The summed E-state index contributed by atoms with van der Waals surface area (Å²) >= 11 is 0. The number of aromatic nitrogens is 1. The van der Waals surface area contributed by atoms with Crippen molar-refractivity contribution < 1.29 is 32.2 Å². The van der Waals surface area contributed by atoms with Gasteiger partial charge in [0.15, 0.2) is 0 Å². The molecule has 0 spiro atoms. The molecule has 0 bridgehead atoms. The van der Waals surface area contributed by atoms with Crippen LogP contribution in [0, 0.1) is 18.2 Å². The third-order valence-electron chi connectivity index (χ3n) is 8.24. The fourth-order valence-electron chi connectivity index (χ4n) is 5.46. The lowest BCUT2D eigenvalue weighted by atomic mass is 9.94. The van der Waals surface area contributed by atoms with Crippen LogP contribution in [0.4, 0.5) is 9.18 Å². The second-order valence-electron chi connectivity index (χ2n) is 12.3. The molecular formula is C31H33FN4O7S. The average molecular weight is 625 g/mol. The second kappa shape index (κ2) is 10.7. The lowest BCUT2D eigenvalue weighted by molar-refractivity contribution is 0.0950. The molecule has 2 N–H and O–H groups in total. The number of amides is 2. The molecule has 3 heterocycles. The van der Waals surface area contributed by atoms with Gasteiger partial charge in [-0.25, -0.2) is 17.6 Å². The molecule has 3 aromatic rings. The summed E-state index contributed by atoms with van der Waals surface area (Å²) in [6.07, 6.45) is 3.83. The Kier molecular flexibility index (Phi) is 7.28. The molecule has 2 aliphatic heterocycles. The molecule has 1 saturated carbocycles. The number of benzene rings is 2. The summed E-state index contributed by atoms with van der Waals surface area (Å²) in [5.74, 6) is -0.983. The van der Waals surface area contributed by atoms with Gasteiger partial charge in [-0.15, -0.1) is 0 Å². The first-order valence-corrected chi connectivity index (χ1v) is 15.8. The van der Waals surface area contributed by atoms with Gasteiger partial charge in [-0.1, -0.05) is 19.9 Å². The van der Waals surface area contributed by atoms with Crippen LogP contribution in [0.3, 0.4) is 0 Å². The van der Waals surface area contributed by atoms with E-state index in [1.54, 1.807) is 32.9 Å². The molecule has 1 aliphatic carbocycles. The summed E-state index contributed by atoms with van der Waals surface area (Å²) in [7, 11) is -4.29. The van der Waals surface area contributed by atoms with Crippen molar-refractivity contribution in [3.63, 3.8) is 0 Å². The maximum absolute atomic E-state index is 15.1. The second-order valence-corrected chi connectivity index (χ2v) is 14.2. The summed E-state index contributed by atoms with van der Waals surface area (Å²) in [4.78, 5) is 39.6. The average Bonchev–Trinajstić information content (AvgIpc) is 3.74. The molecule has 0 atom stereocenters. The van der Waals surface area contributed by atoms with Gasteiger partial charge < -0.3 is 19.7 Å². The van der Waals surface area contributed by atoms with Crippen molar-refractivity contribution in [2.75, 3.05) is 26.3 Å². The number of pyridine rings is 1. The largest absolute Gasteiger partial charge is 0.443 e. The zero-order valence-electron chi connectivity index (χ0n) is 24.6. The Hall–Kier alpha value is -4.23. The van der Waals surface area contributed by atoms with E-state index in [2.05, 4.69) is 5.32 Å². The maximum Gasteiger partial charge on any atom is 0.414 e. The SMILES string of the molecule is Cc1c(F)cc(C(=O)NC2CC2)cc1-c1ccc2c(=O)n(CC(C)(C)CO)cc(S(=O)(=O)N3C=C4COC(=O)N4CC3)c2c1. The standard InChI is InChI=1S/C31H33FN4O7S/c1-18-24(11-20(12-26(18)32)28(38)33-21-5-6-21)19-4-7-23-25(10-19)27(14-34(29(23)39)16-31(2,3)17-37)44(41,42)35-8-9-36-22(13-35)15-43-30(36)40/h4,7,10-14,21,37H,5-6,8-9,15-17H2,1-3H3,(H,33,38). The van der Waals surface area contributed by atoms with E-state index in [1.165, 1.54) is 40.1 Å². The first kappa shape index (κ1) is 29.8. The van der Waals surface area contributed by atoms with Gasteiger partial charge in [0.05, 0.1) is 12.2 Å². The van der Waals surface area contributed by atoms with E-state index in [4.69, 9.17) is 4.74 Å². The van der Waals surface area contributed by atoms with Crippen molar-refractivity contribution in [3.8, 4) is 11.1 Å². The molecule has 1 aromatic heterocycles. The highest BCUT2D eigenvalue weighted by molar-refractivity contribution is 7.89. The summed E-state index contributed by atoms with van der Waals surface area (Å²) < 4.78 is 51.1. The predicted octanol–water partition coefficient (Wildman–Crippen LogP) is 3.32. The maximum atomic E-state index is 15.1. The van der Waals surface area contributed by atoms with E-state index in [9.17, 15) is 27.9 Å². The molecule has 3 aliphatic rings. The number of sulfonamides is 1. The Morgan fingerprint density at radius 1 is 1.14 bits per heavy atom. The molecule has 13 heteroatoms. The Balaban J connectivity index is 1.53. The Bertz CT molecular complexity index is 1910. The van der Waals surface area contributed by atoms with Gasteiger partial charge in [0.2, 0.25) is 0 Å². The molecule has 6 rings (SSSR count). The van der Waals surface area contributed by atoms with E-state index in [0.717, 1.165) is 17.1 Å². The van der Waals surface area contributed by atoms with Crippen molar-refractivity contribution in [2.45, 2.75) is 51.1 Å². The first-order valence-electron chi connectivity index (χ1n) is 14.4. The number of ether oxygens (including phenoxy) is 1. The minimum atomic E-state index is -4.29. The fraction of sp³-hybridized carbons (Fsp3) is 0.387. The topological polar surface area (TPSA) is 138 Å².